The van der Waals surface area contributed by atoms with Crippen LogP contribution in [0, 0.1) is 12.7 Å². The molecule has 1 aromatic rings. The third kappa shape index (κ3) is 4.43. The summed E-state index contributed by atoms with van der Waals surface area (Å²) in [6.07, 6.45) is 7.91. The van der Waals surface area contributed by atoms with Crippen LogP contribution in [-0.2, 0) is 0 Å². The zero-order chi connectivity index (χ0) is 14.4. The highest BCUT2D eigenvalue weighted by molar-refractivity contribution is 5.25. The van der Waals surface area contributed by atoms with Crippen LogP contribution in [0.5, 0.6) is 0 Å². The fourth-order valence-electron chi connectivity index (χ4n) is 2.61. The molecular formula is C17H24FNO. The largest absolute Gasteiger partial charge is 0.387 e. The highest BCUT2D eigenvalue weighted by Gasteiger charge is 2.09. The Balaban J connectivity index is 1.73. The summed E-state index contributed by atoms with van der Waals surface area (Å²) < 4.78 is 13.2. The minimum absolute atomic E-state index is 0.224. The molecule has 3 heteroatoms. The number of aliphatic hydroxyl groups is 1. The number of hydrogen-bond donors (Lipinski definition) is 2. The molecule has 1 aliphatic carbocycles. The molecule has 0 amide bonds. The van der Waals surface area contributed by atoms with Crippen molar-refractivity contribution in [3.05, 3.63) is 46.8 Å². The molecule has 1 unspecified atom stereocenters. The molecule has 1 aromatic carbocycles. The second-order valence-electron chi connectivity index (χ2n) is 5.59. The van der Waals surface area contributed by atoms with Crippen molar-refractivity contribution in [3.8, 4) is 0 Å². The summed E-state index contributed by atoms with van der Waals surface area (Å²) in [7, 11) is 0. The van der Waals surface area contributed by atoms with Crippen LogP contribution in [0.2, 0.25) is 0 Å². The molecule has 0 spiro atoms. The second-order valence-corrected chi connectivity index (χ2v) is 5.59. The molecule has 2 rings (SSSR count). The molecule has 0 saturated heterocycles. The quantitative estimate of drug-likeness (QED) is 0.614. The number of nitrogens with one attached hydrogen (secondary N) is 1. The average molecular weight is 277 g/mol. The van der Waals surface area contributed by atoms with Crippen LogP contribution < -0.4 is 5.32 Å². The van der Waals surface area contributed by atoms with Crippen LogP contribution in [0.15, 0.2) is 29.8 Å². The van der Waals surface area contributed by atoms with E-state index in [4.69, 9.17) is 0 Å². The molecule has 110 valence electrons. The van der Waals surface area contributed by atoms with Gasteiger partial charge in [-0.15, -0.1) is 0 Å². The Morgan fingerprint density at radius 2 is 2.20 bits per heavy atom. The van der Waals surface area contributed by atoms with Gasteiger partial charge in [0.2, 0.25) is 0 Å². The molecule has 0 saturated carbocycles. The van der Waals surface area contributed by atoms with Gasteiger partial charge in [-0.05, 0) is 62.8 Å². The smallest absolute Gasteiger partial charge is 0.126 e. The van der Waals surface area contributed by atoms with Crippen LogP contribution >= 0.6 is 0 Å². The van der Waals surface area contributed by atoms with E-state index in [1.807, 2.05) is 0 Å². The Kier molecular flexibility index (Phi) is 5.74. The van der Waals surface area contributed by atoms with E-state index in [1.54, 1.807) is 19.1 Å². The lowest BCUT2D eigenvalue weighted by Crippen LogP contribution is -2.23. The minimum Gasteiger partial charge on any atom is -0.387 e. The van der Waals surface area contributed by atoms with Gasteiger partial charge in [-0.1, -0.05) is 23.8 Å². The van der Waals surface area contributed by atoms with E-state index in [2.05, 4.69) is 11.4 Å². The number of halogens is 1. The number of aryl methyl sites for hydroxylation is 1. The number of benzene rings is 1. The molecule has 1 aliphatic rings. The second kappa shape index (κ2) is 7.55. The first-order valence-electron chi connectivity index (χ1n) is 7.49. The van der Waals surface area contributed by atoms with Crippen molar-refractivity contribution >= 4 is 0 Å². The van der Waals surface area contributed by atoms with Gasteiger partial charge in [0.1, 0.15) is 5.82 Å². The van der Waals surface area contributed by atoms with Crippen LogP contribution in [0.25, 0.3) is 0 Å². The van der Waals surface area contributed by atoms with Crippen molar-refractivity contribution in [3.63, 3.8) is 0 Å². The predicted octanol–water partition coefficient (Wildman–Crippen LogP) is 3.65. The normalized spacial score (nSPS) is 16.9. The zero-order valence-electron chi connectivity index (χ0n) is 12.2. The molecule has 0 heterocycles. The van der Waals surface area contributed by atoms with Crippen molar-refractivity contribution in [1.29, 1.82) is 0 Å². The fraction of sp³-hybridized carbons (Fsp3) is 0.529. The van der Waals surface area contributed by atoms with Crippen molar-refractivity contribution in [2.75, 3.05) is 13.1 Å². The highest BCUT2D eigenvalue weighted by Crippen LogP contribution is 2.20. The van der Waals surface area contributed by atoms with Gasteiger partial charge in [0.25, 0.3) is 0 Å². The van der Waals surface area contributed by atoms with Crippen molar-refractivity contribution in [2.45, 2.75) is 45.1 Å². The van der Waals surface area contributed by atoms with Gasteiger partial charge in [0.15, 0.2) is 0 Å². The SMILES string of the molecule is Cc1cc(C(O)CNCCC2=CCCCC2)ccc1F. The van der Waals surface area contributed by atoms with Gasteiger partial charge >= 0.3 is 0 Å². The first-order chi connectivity index (χ1) is 9.66. The van der Waals surface area contributed by atoms with Gasteiger partial charge in [0.05, 0.1) is 6.10 Å². The number of allylic oxidation sites excluding steroid dienone is 1. The Labute approximate surface area is 120 Å². The average Bonchev–Trinajstić information content (AvgIpc) is 2.47. The Hall–Kier alpha value is -1.19. The maximum Gasteiger partial charge on any atom is 0.126 e. The summed E-state index contributed by atoms with van der Waals surface area (Å²) in [5.41, 5.74) is 2.89. The van der Waals surface area contributed by atoms with Gasteiger partial charge in [0, 0.05) is 6.54 Å². The molecule has 2 N–H and O–H groups in total. The van der Waals surface area contributed by atoms with E-state index in [1.165, 1.54) is 37.3 Å². The van der Waals surface area contributed by atoms with E-state index in [0.29, 0.717) is 12.1 Å². The van der Waals surface area contributed by atoms with E-state index < -0.39 is 6.10 Å². The summed E-state index contributed by atoms with van der Waals surface area (Å²) in [6.45, 7) is 3.12. The first-order valence-corrected chi connectivity index (χ1v) is 7.49. The molecule has 1 atom stereocenters. The van der Waals surface area contributed by atoms with Crippen molar-refractivity contribution in [2.24, 2.45) is 0 Å². The molecule has 0 radical (unpaired) electrons. The lowest BCUT2D eigenvalue weighted by molar-refractivity contribution is 0.175. The molecule has 0 aromatic heterocycles. The molecule has 0 bridgehead atoms. The van der Waals surface area contributed by atoms with E-state index >= 15 is 0 Å². The Morgan fingerprint density at radius 1 is 1.35 bits per heavy atom. The van der Waals surface area contributed by atoms with Crippen LogP contribution in [0.4, 0.5) is 4.39 Å². The van der Waals surface area contributed by atoms with Gasteiger partial charge in [-0.3, -0.25) is 0 Å². The van der Waals surface area contributed by atoms with E-state index in [9.17, 15) is 9.50 Å². The maximum atomic E-state index is 13.2. The molecule has 0 fully saturated rings. The zero-order valence-corrected chi connectivity index (χ0v) is 12.2. The Bertz CT molecular complexity index is 470. The molecule has 2 nitrogen and oxygen atoms in total. The summed E-state index contributed by atoms with van der Waals surface area (Å²) in [5, 5.41) is 13.4. The highest BCUT2D eigenvalue weighted by atomic mass is 19.1. The monoisotopic (exact) mass is 277 g/mol. The van der Waals surface area contributed by atoms with Crippen molar-refractivity contribution < 1.29 is 9.50 Å². The van der Waals surface area contributed by atoms with Crippen LogP contribution in [0.3, 0.4) is 0 Å². The van der Waals surface area contributed by atoms with Gasteiger partial charge in [-0.2, -0.15) is 0 Å². The van der Waals surface area contributed by atoms with Gasteiger partial charge < -0.3 is 10.4 Å². The summed E-state index contributed by atoms with van der Waals surface area (Å²) in [6, 6.07) is 4.78. The standard InChI is InChI=1S/C17H24FNO/c1-13-11-15(7-8-16(13)18)17(20)12-19-10-9-14-5-3-2-4-6-14/h5,7-8,11,17,19-20H,2-4,6,9-10,12H2,1H3. The summed E-state index contributed by atoms with van der Waals surface area (Å²) >= 11 is 0. The topological polar surface area (TPSA) is 32.3 Å². The number of rotatable bonds is 6. The van der Waals surface area contributed by atoms with Crippen LogP contribution in [0.1, 0.15) is 49.3 Å². The number of hydrogen-bond acceptors (Lipinski definition) is 2. The number of aliphatic hydroxyl groups excluding tert-OH is 1. The molecule has 0 aliphatic heterocycles. The Morgan fingerprint density at radius 3 is 2.90 bits per heavy atom. The predicted molar refractivity (Wildman–Crippen MR) is 80.1 cm³/mol. The fourth-order valence-corrected chi connectivity index (χ4v) is 2.61. The van der Waals surface area contributed by atoms with Gasteiger partial charge in [-0.25, -0.2) is 4.39 Å². The van der Waals surface area contributed by atoms with E-state index in [0.717, 1.165) is 18.5 Å². The lowest BCUT2D eigenvalue weighted by atomic mass is 9.97. The van der Waals surface area contributed by atoms with E-state index in [-0.39, 0.29) is 5.82 Å². The maximum absolute atomic E-state index is 13.2. The molecule has 20 heavy (non-hydrogen) atoms. The summed E-state index contributed by atoms with van der Waals surface area (Å²) in [4.78, 5) is 0. The minimum atomic E-state index is -0.574. The third-order valence-electron chi connectivity index (χ3n) is 3.91. The summed E-state index contributed by atoms with van der Waals surface area (Å²) in [5.74, 6) is -0.224. The molecular weight excluding hydrogens is 253 g/mol. The lowest BCUT2D eigenvalue weighted by Gasteiger charge is -2.15. The van der Waals surface area contributed by atoms with Crippen molar-refractivity contribution in [1.82, 2.24) is 5.32 Å². The third-order valence-corrected chi connectivity index (χ3v) is 3.91. The van der Waals surface area contributed by atoms with Crippen LogP contribution in [-0.4, -0.2) is 18.2 Å². The first kappa shape index (κ1) is 15.2.